The van der Waals surface area contributed by atoms with Crippen molar-refractivity contribution in [2.24, 2.45) is 16.7 Å². The third-order valence-corrected chi connectivity index (χ3v) is 8.28. The smallest absolute Gasteiger partial charge is 0.177 e. The number of para-hydroxylation sites is 1. The standard InChI is InChI=1S/C30H39Cl2N5/c1-28(2,3)22-16-18-30(19-17-22,33-24-10-8-7-9-11-24)27-34-35-36-37(27)26(29(4,5)6)15-13-21-12-14-23(31)20-25(21)32/h7-15,20,22,26,33H,16-19H2,1-6H3/b15-13-/t22?,26-,30?/m1/s1. The van der Waals surface area contributed by atoms with Crippen molar-refractivity contribution in [1.29, 1.82) is 0 Å². The van der Waals surface area contributed by atoms with Crippen LogP contribution >= 0.6 is 23.2 Å². The number of allylic oxidation sites excluding steroid dienone is 1. The summed E-state index contributed by atoms with van der Waals surface area (Å²) in [6.07, 6.45) is 8.38. The Morgan fingerprint density at radius 1 is 1.00 bits per heavy atom. The van der Waals surface area contributed by atoms with Gasteiger partial charge in [0.1, 0.15) is 0 Å². The van der Waals surface area contributed by atoms with Crippen LogP contribution in [0.1, 0.15) is 84.7 Å². The fourth-order valence-electron chi connectivity index (χ4n) is 5.44. The fraction of sp³-hybridized carbons (Fsp3) is 0.500. The zero-order valence-corrected chi connectivity index (χ0v) is 24.3. The molecule has 1 aliphatic rings. The van der Waals surface area contributed by atoms with Crippen LogP contribution in [0.2, 0.25) is 10.0 Å². The van der Waals surface area contributed by atoms with Crippen LogP contribution < -0.4 is 5.32 Å². The zero-order valence-electron chi connectivity index (χ0n) is 22.8. The van der Waals surface area contributed by atoms with E-state index in [9.17, 15) is 0 Å². The largest absolute Gasteiger partial charge is 0.373 e. The number of hydrogen-bond acceptors (Lipinski definition) is 4. The van der Waals surface area contributed by atoms with Gasteiger partial charge in [0.15, 0.2) is 5.82 Å². The predicted octanol–water partition coefficient (Wildman–Crippen LogP) is 8.82. The molecule has 0 radical (unpaired) electrons. The minimum Gasteiger partial charge on any atom is -0.373 e. The molecule has 1 atom stereocenters. The summed E-state index contributed by atoms with van der Waals surface area (Å²) in [6.45, 7) is 13.7. The highest BCUT2D eigenvalue weighted by Crippen LogP contribution is 2.47. The van der Waals surface area contributed by atoms with Gasteiger partial charge in [-0.15, -0.1) is 5.10 Å². The lowest BCUT2D eigenvalue weighted by molar-refractivity contribution is 0.133. The van der Waals surface area contributed by atoms with E-state index < -0.39 is 0 Å². The maximum atomic E-state index is 6.48. The summed E-state index contributed by atoms with van der Waals surface area (Å²) in [4.78, 5) is 0. The van der Waals surface area contributed by atoms with Gasteiger partial charge in [0, 0.05) is 15.7 Å². The normalized spacial score (nSPS) is 21.8. The van der Waals surface area contributed by atoms with Crippen molar-refractivity contribution in [2.75, 3.05) is 5.32 Å². The highest BCUT2D eigenvalue weighted by molar-refractivity contribution is 6.35. The lowest BCUT2D eigenvalue weighted by atomic mass is 9.67. The number of halogens is 2. The average molecular weight is 541 g/mol. The van der Waals surface area contributed by atoms with Crippen LogP contribution in [0.25, 0.3) is 6.08 Å². The molecule has 1 aliphatic carbocycles. The van der Waals surface area contributed by atoms with E-state index in [0.29, 0.717) is 16.0 Å². The molecule has 0 aliphatic heterocycles. The second-order valence-electron chi connectivity index (χ2n) is 12.5. The topological polar surface area (TPSA) is 55.6 Å². The molecule has 1 heterocycles. The summed E-state index contributed by atoms with van der Waals surface area (Å²) in [5.74, 6) is 1.54. The van der Waals surface area contributed by atoms with Crippen molar-refractivity contribution in [2.45, 2.75) is 78.8 Å². The molecule has 7 heteroatoms. The number of tetrazole rings is 1. The molecule has 37 heavy (non-hydrogen) atoms. The van der Waals surface area contributed by atoms with Gasteiger partial charge in [-0.2, -0.15) is 0 Å². The van der Waals surface area contributed by atoms with Gasteiger partial charge in [0.05, 0.1) is 11.6 Å². The lowest BCUT2D eigenvalue weighted by Gasteiger charge is -2.45. The van der Waals surface area contributed by atoms with Crippen molar-refractivity contribution in [1.82, 2.24) is 20.2 Å². The molecule has 0 saturated heterocycles. The van der Waals surface area contributed by atoms with Gasteiger partial charge >= 0.3 is 0 Å². The minimum absolute atomic E-state index is 0.0842. The summed E-state index contributed by atoms with van der Waals surface area (Å²) < 4.78 is 2.02. The number of hydrogen-bond donors (Lipinski definition) is 1. The summed E-state index contributed by atoms with van der Waals surface area (Å²) in [5, 5.41) is 18.6. The molecule has 2 aromatic carbocycles. The molecule has 0 bridgehead atoms. The lowest BCUT2D eigenvalue weighted by Crippen LogP contribution is -2.44. The molecule has 198 valence electrons. The zero-order chi connectivity index (χ0) is 26.8. The minimum atomic E-state index is -0.359. The van der Waals surface area contributed by atoms with E-state index in [2.05, 4.69) is 92.7 Å². The van der Waals surface area contributed by atoms with Crippen LogP contribution in [-0.2, 0) is 5.54 Å². The van der Waals surface area contributed by atoms with Gasteiger partial charge in [0.2, 0.25) is 0 Å². The first-order valence-electron chi connectivity index (χ1n) is 13.1. The number of nitrogens with zero attached hydrogens (tertiary/aromatic N) is 4. The third kappa shape index (κ3) is 6.38. The Kier molecular flexibility index (Phi) is 8.06. The molecule has 1 N–H and O–H groups in total. The summed E-state index contributed by atoms with van der Waals surface area (Å²) >= 11 is 12.6. The summed E-state index contributed by atoms with van der Waals surface area (Å²) in [6, 6.07) is 15.9. The molecular weight excluding hydrogens is 501 g/mol. The van der Waals surface area contributed by atoms with E-state index in [0.717, 1.165) is 42.8 Å². The molecule has 1 saturated carbocycles. The molecule has 0 spiro atoms. The number of rotatable bonds is 6. The second kappa shape index (κ2) is 10.8. The maximum Gasteiger partial charge on any atom is 0.177 e. The number of nitrogens with one attached hydrogen (secondary N) is 1. The quantitative estimate of drug-likeness (QED) is 0.339. The van der Waals surface area contributed by atoms with E-state index in [4.69, 9.17) is 23.2 Å². The van der Waals surface area contributed by atoms with Crippen LogP contribution in [0.4, 0.5) is 5.69 Å². The maximum absolute atomic E-state index is 6.48. The van der Waals surface area contributed by atoms with E-state index in [1.165, 1.54) is 0 Å². The third-order valence-electron chi connectivity index (χ3n) is 7.71. The number of anilines is 1. The van der Waals surface area contributed by atoms with Crippen LogP contribution in [0.3, 0.4) is 0 Å². The van der Waals surface area contributed by atoms with E-state index in [1.54, 1.807) is 6.07 Å². The predicted molar refractivity (Wildman–Crippen MR) is 155 cm³/mol. The van der Waals surface area contributed by atoms with Gasteiger partial charge in [-0.3, -0.25) is 0 Å². The Balaban J connectivity index is 1.75. The van der Waals surface area contributed by atoms with E-state index in [1.807, 2.05) is 29.0 Å². The van der Waals surface area contributed by atoms with Crippen molar-refractivity contribution < 1.29 is 0 Å². The van der Waals surface area contributed by atoms with Crippen molar-refractivity contribution in [3.05, 3.63) is 76.0 Å². The van der Waals surface area contributed by atoms with Gasteiger partial charge in [-0.1, -0.05) is 101 Å². The van der Waals surface area contributed by atoms with Gasteiger partial charge in [0.25, 0.3) is 0 Å². The van der Waals surface area contributed by atoms with Crippen LogP contribution in [0.5, 0.6) is 0 Å². The van der Waals surface area contributed by atoms with Gasteiger partial charge in [-0.25, -0.2) is 4.68 Å². The Labute approximate surface area is 231 Å². The molecule has 1 fully saturated rings. The van der Waals surface area contributed by atoms with E-state index in [-0.39, 0.29) is 22.4 Å². The second-order valence-corrected chi connectivity index (χ2v) is 13.3. The Hall–Kier alpha value is -2.37. The van der Waals surface area contributed by atoms with Crippen LogP contribution in [0.15, 0.2) is 54.6 Å². The van der Waals surface area contributed by atoms with Crippen LogP contribution in [0, 0.1) is 16.7 Å². The molecule has 5 nitrogen and oxygen atoms in total. The average Bonchev–Trinajstić information content (AvgIpc) is 3.30. The molecule has 1 aromatic heterocycles. The SMILES string of the molecule is CC(C)(C)C1CCC(Nc2ccccc2)(c2nnnn2[C@H](/C=C\c2ccc(Cl)cc2Cl)C(C)(C)C)CC1. The van der Waals surface area contributed by atoms with E-state index >= 15 is 0 Å². The first-order valence-corrected chi connectivity index (χ1v) is 13.9. The summed E-state index contributed by atoms with van der Waals surface area (Å²) in [7, 11) is 0. The number of aromatic nitrogens is 4. The highest BCUT2D eigenvalue weighted by atomic mass is 35.5. The molecule has 4 rings (SSSR count). The molecule has 0 unspecified atom stereocenters. The molecular formula is C30H39Cl2N5. The first-order chi connectivity index (χ1) is 17.4. The van der Waals surface area contributed by atoms with Crippen molar-refractivity contribution in [3.8, 4) is 0 Å². The highest BCUT2D eigenvalue weighted by Gasteiger charge is 2.45. The fourth-order valence-corrected chi connectivity index (χ4v) is 5.91. The molecule has 3 aromatic rings. The number of benzene rings is 2. The van der Waals surface area contributed by atoms with Gasteiger partial charge in [-0.05, 0) is 82.7 Å². The Bertz CT molecular complexity index is 1210. The van der Waals surface area contributed by atoms with Crippen LogP contribution in [-0.4, -0.2) is 20.2 Å². The Morgan fingerprint density at radius 2 is 1.68 bits per heavy atom. The monoisotopic (exact) mass is 539 g/mol. The Morgan fingerprint density at radius 3 is 2.27 bits per heavy atom. The molecule has 0 amide bonds. The van der Waals surface area contributed by atoms with Crippen molar-refractivity contribution in [3.63, 3.8) is 0 Å². The van der Waals surface area contributed by atoms with Gasteiger partial charge < -0.3 is 5.32 Å². The summed E-state index contributed by atoms with van der Waals surface area (Å²) in [5.41, 5.74) is 1.77. The first kappa shape index (κ1) is 27.7. The van der Waals surface area contributed by atoms with Crippen molar-refractivity contribution >= 4 is 35.0 Å².